The normalized spacial score (nSPS) is 14.3. The van der Waals surface area contributed by atoms with E-state index in [0.717, 1.165) is 0 Å². The van der Waals surface area contributed by atoms with Crippen molar-refractivity contribution < 1.29 is 17.9 Å². The van der Waals surface area contributed by atoms with E-state index in [-0.39, 0.29) is 11.7 Å². The van der Waals surface area contributed by atoms with Crippen molar-refractivity contribution in [3.63, 3.8) is 0 Å². The third-order valence-electron chi connectivity index (χ3n) is 2.69. The van der Waals surface area contributed by atoms with Gasteiger partial charge in [0.1, 0.15) is 0 Å². The highest BCUT2D eigenvalue weighted by Crippen LogP contribution is 2.34. The van der Waals surface area contributed by atoms with Crippen molar-refractivity contribution >= 4 is 10.0 Å². The van der Waals surface area contributed by atoms with Crippen LogP contribution in [0.4, 0.5) is 0 Å². The van der Waals surface area contributed by atoms with E-state index in [1.54, 1.807) is 12.1 Å². The first-order valence-electron chi connectivity index (χ1n) is 5.49. The summed E-state index contributed by atoms with van der Waals surface area (Å²) in [5.74, 6) is 1.07. The fraction of sp³-hybridized carbons (Fsp3) is 0.455. The summed E-state index contributed by atoms with van der Waals surface area (Å²) in [6.45, 7) is 4.67. The maximum Gasteiger partial charge on any atom is 0.243 e. The molecule has 1 aliphatic rings. The standard InChI is InChI=1S/C11H15NO4S/c1-3-12(4-2)17(13,14)9-5-6-10-11(7-9)16-8-15-10/h5-7H,3-4,8H2,1-2H3. The zero-order chi connectivity index (χ0) is 12.5. The Morgan fingerprint density at radius 3 is 2.47 bits per heavy atom. The van der Waals surface area contributed by atoms with Crippen LogP contribution in [0.3, 0.4) is 0 Å². The summed E-state index contributed by atoms with van der Waals surface area (Å²) in [7, 11) is -3.42. The van der Waals surface area contributed by atoms with E-state index in [2.05, 4.69) is 0 Å². The van der Waals surface area contributed by atoms with Crippen LogP contribution in [0.25, 0.3) is 0 Å². The Morgan fingerprint density at radius 1 is 1.18 bits per heavy atom. The number of ether oxygens (including phenoxy) is 2. The predicted octanol–water partition coefficient (Wildman–Crippen LogP) is 1.45. The first-order valence-corrected chi connectivity index (χ1v) is 6.93. The number of nitrogens with zero attached hydrogens (tertiary/aromatic N) is 1. The van der Waals surface area contributed by atoms with Gasteiger partial charge < -0.3 is 9.47 Å². The van der Waals surface area contributed by atoms with Crippen LogP contribution in [0.2, 0.25) is 0 Å². The predicted molar refractivity (Wildman–Crippen MR) is 62.7 cm³/mol. The van der Waals surface area contributed by atoms with Gasteiger partial charge >= 0.3 is 0 Å². The van der Waals surface area contributed by atoms with Gasteiger partial charge in [0.15, 0.2) is 11.5 Å². The molecule has 1 aromatic rings. The molecule has 0 unspecified atom stereocenters. The molecule has 1 heterocycles. The Kier molecular flexibility index (Phi) is 3.26. The monoisotopic (exact) mass is 257 g/mol. The second-order valence-corrected chi connectivity index (χ2v) is 5.54. The van der Waals surface area contributed by atoms with E-state index in [1.165, 1.54) is 10.4 Å². The highest BCUT2D eigenvalue weighted by Gasteiger charge is 2.24. The Labute approximate surface area is 101 Å². The van der Waals surface area contributed by atoms with Crippen LogP contribution in [0.1, 0.15) is 13.8 Å². The molecule has 94 valence electrons. The average molecular weight is 257 g/mol. The molecule has 0 spiro atoms. The summed E-state index contributed by atoms with van der Waals surface area (Å²) in [6, 6.07) is 4.68. The molecule has 1 aromatic carbocycles. The van der Waals surface area contributed by atoms with Crippen LogP contribution in [0, 0.1) is 0 Å². The fourth-order valence-electron chi connectivity index (χ4n) is 1.75. The maximum atomic E-state index is 12.2. The molecule has 1 aliphatic heterocycles. The number of benzene rings is 1. The smallest absolute Gasteiger partial charge is 0.243 e. The molecular weight excluding hydrogens is 242 g/mol. The third-order valence-corrected chi connectivity index (χ3v) is 4.73. The quantitative estimate of drug-likeness (QED) is 0.819. The molecule has 2 rings (SSSR count). The second kappa shape index (κ2) is 4.54. The Hall–Kier alpha value is -1.27. The van der Waals surface area contributed by atoms with Crippen molar-refractivity contribution in [2.45, 2.75) is 18.7 Å². The van der Waals surface area contributed by atoms with Crippen molar-refractivity contribution in [3.05, 3.63) is 18.2 Å². The van der Waals surface area contributed by atoms with E-state index in [1.807, 2.05) is 13.8 Å². The maximum absolute atomic E-state index is 12.2. The first-order chi connectivity index (χ1) is 8.09. The van der Waals surface area contributed by atoms with Crippen LogP contribution in [-0.2, 0) is 10.0 Å². The van der Waals surface area contributed by atoms with Gasteiger partial charge in [0, 0.05) is 19.2 Å². The van der Waals surface area contributed by atoms with Gasteiger partial charge in [-0.1, -0.05) is 13.8 Å². The molecule has 0 atom stereocenters. The van der Waals surface area contributed by atoms with Crippen LogP contribution in [0.15, 0.2) is 23.1 Å². The van der Waals surface area contributed by atoms with Gasteiger partial charge in [0.2, 0.25) is 16.8 Å². The second-order valence-electron chi connectivity index (χ2n) is 3.60. The number of sulfonamides is 1. The summed E-state index contributed by atoms with van der Waals surface area (Å²) in [4.78, 5) is 0.241. The molecule has 0 aliphatic carbocycles. The number of fused-ring (bicyclic) bond motifs is 1. The summed E-state index contributed by atoms with van der Waals surface area (Å²) < 4.78 is 36.2. The molecule has 0 amide bonds. The van der Waals surface area contributed by atoms with Crippen molar-refractivity contribution in [1.29, 1.82) is 0 Å². The minimum atomic E-state index is -3.42. The highest BCUT2D eigenvalue weighted by atomic mass is 32.2. The van der Waals surface area contributed by atoms with Gasteiger partial charge in [-0.3, -0.25) is 0 Å². The molecule has 0 saturated carbocycles. The summed E-state index contributed by atoms with van der Waals surface area (Å²) in [5.41, 5.74) is 0. The lowest BCUT2D eigenvalue weighted by Gasteiger charge is -2.18. The lowest BCUT2D eigenvalue weighted by Crippen LogP contribution is -2.30. The SMILES string of the molecule is CCN(CC)S(=O)(=O)c1ccc2c(c1)OCO2. The minimum absolute atomic E-state index is 0.143. The molecule has 0 N–H and O–H groups in total. The molecule has 5 nitrogen and oxygen atoms in total. The number of rotatable bonds is 4. The largest absolute Gasteiger partial charge is 0.454 e. The molecular formula is C11H15NO4S. The molecule has 6 heteroatoms. The molecule has 0 saturated heterocycles. The van der Waals surface area contributed by atoms with Gasteiger partial charge in [-0.25, -0.2) is 8.42 Å². The topological polar surface area (TPSA) is 55.8 Å². The molecule has 0 fully saturated rings. The molecule has 0 aromatic heterocycles. The van der Waals surface area contributed by atoms with E-state index >= 15 is 0 Å². The Balaban J connectivity index is 2.40. The van der Waals surface area contributed by atoms with E-state index in [4.69, 9.17) is 9.47 Å². The number of hydrogen-bond donors (Lipinski definition) is 0. The Bertz CT molecular complexity index is 508. The summed E-state index contributed by atoms with van der Waals surface area (Å²) in [6.07, 6.45) is 0. The van der Waals surface area contributed by atoms with Crippen molar-refractivity contribution in [2.24, 2.45) is 0 Å². The molecule has 17 heavy (non-hydrogen) atoms. The molecule has 0 radical (unpaired) electrons. The van der Waals surface area contributed by atoms with Crippen LogP contribution < -0.4 is 9.47 Å². The van der Waals surface area contributed by atoms with Crippen LogP contribution >= 0.6 is 0 Å². The van der Waals surface area contributed by atoms with E-state index in [9.17, 15) is 8.42 Å². The summed E-state index contributed by atoms with van der Waals surface area (Å²) in [5, 5.41) is 0. The Morgan fingerprint density at radius 2 is 1.82 bits per heavy atom. The molecule has 0 bridgehead atoms. The minimum Gasteiger partial charge on any atom is -0.454 e. The van der Waals surface area contributed by atoms with Crippen LogP contribution in [0.5, 0.6) is 11.5 Å². The van der Waals surface area contributed by atoms with Gasteiger partial charge in [-0.2, -0.15) is 4.31 Å². The van der Waals surface area contributed by atoms with E-state index < -0.39 is 10.0 Å². The van der Waals surface area contributed by atoms with E-state index in [0.29, 0.717) is 24.6 Å². The lowest BCUT2D eigenvalue weighted by atomic mass is 10.3. The van der Waals surface area contributed by atoms with Crippen LogP contribution in [-0.4, -0.2) is 32.6 Å². The van der Waals surface area contributed by atoms with Gasteiger partial charge in [-0.15, -0.1) is 0 Å². The first kappa shape index (κ1) is 12.2. The average Bonchev–Trinajstić information content (AvgIpc) is 2.77. The van der Waals surface area contributed by atoms with Gasteiger partial charge in [0.25, 0.3) is 0 Å². The zero-order valence-corrected chi connectivity index (χ0v) is 10.7. The third kappa shape index (κ3) is 2.10. The fourth-order valence-corrected chi connectivity index (χ4v) is 3.22. The summed E-state index contributed by atoms with van der Waals surface area (Å²) >= 11 is 0. The van der Waals surface area contributed by atoms with Crippen molar-refractivity contribution in [1.82, 2.24) is 4.31 Å². The van der Waals surface area contributed by atoms with Gasteiger partial charge in [0.05, 0.1) is 4.90 Å². The zero-order valence-electron chi connectivity index (χ0n) is 9.84. The van der Waals surface area contributed by atoms with Crippen molar-refractivity contribution in [2.75, 3.05) is 19.9 Å². The highest BCUT2D eigenvalue weighted by molar-refractivity contribution is 7.89. The van der Waals surface area contributed by atoms with Gasteiger partial charge in [-0.05, 0) is 12.1 Å². The number of hydrogen-bond acceptors (Lipinski definition) is 4. The van der Waals surface area contributed by atoms with Crippen molar-refractivity contribution in [3.8, 4) is 11.5 Å². The lowest BCUT2D eigenvalue weighted by molar-refractivity contribution is 0.174.